The average Bonchev–Trinajstić information content (AvgIpc) is 3.45. The van der Waals surface area contributed by atoms with E-state index >= 15 is 0 Å². The molecule has 0 aliphatic carbocycles. The number of hydrogen-bond donors (Lipinski definition) is 1. The second-order valence-electron chi connectivity index (χ2n) is 7.29. The van der Waals surface area contributed by atoms with Crippen LogP contribution in [0.2, 0.25) is 0 Å². The number of aromatic nitrogens is 3. The predicted octanol–water partition coefficient (Wildman–Crippen LogP) is 1.80. The lowest BCUT2D eigenvalue weighted by molar-refractivity contribution is 0.0698. The topological polar surface area (TPSA) is 91.3 Å². The predicted molar refractivity (Wildman–Crippen MR) is 103 cm³/mol. The van der Waals surface area contributed by atoms with Gasteiger partial charge in [0.05, 0.1) is 25.0 Å². The number of para-hydroxylation sites is 1. The number of nitrogens with zero attached hydrogens (tertiary/aromatic N) is 4. The molecule has 0 saturated carbocycles. The van der Waals surface area contributed by atoms with Crippen LogP contribution in [0.25, 0.3) is 10.9 Å². The molecule has 9 heteroatoms. The van der Waals surface area contributed by atoms with Crippen molar-refractivity contribution in [2.75, 3.05) is 19.6 Å². The molecular weight excluding hydrogens is 378 g/mol. The highest BCUT2D eigenvalue weighted by Gasteiger charge is 2.34. The Morgan fingerprint density at radius 1 is 1.07 bits per heavy atom. The Kier molecular flexibility index (Phi) is 4.02. The molecule has 0 unspecified atom stereocenters. The zero-order chi connectivity index (χ0) is 19.3. The fourth-order valence-electron chi connectivity index (χ4n) is 4.04. The molecule has 4 heterocycles. The highest BCUT2D eigenvalue weighted by molar-refractivity contribution is 7.89. The van der Waals surface area contributed by atoms with Gasteiger partial charge in [0.15, 0.2) is 0 Å². The summed E-state index contributed by atoms with van der Waals surface area (Å²) in [7, 11) is -3.57. The molecule has 2 aromatic heterocycles. The summed E-state index contributed by atoms with van der Waals surface area (Å²) in [4.78, 5) is 18.1. The normalized spacial score (nSPS) is 17.9. The van der Waals surface area contributed by atoms with Gasteiger partial charge in [0.25, 0.3) is 5.91 Å². The van der Waals surface area contributed by atoms with E-state index in [0.717, 1.165) is 23.7 Å². The maximum absolute atomic E-state index is 13.0. The molecule has 2 aliphatic rings. The minimum absolute atomic E-state index is 0.131. The summed E-state index contributed by atoms with van der Waals surface area (Å²) in [6.45, 7) is 2.30. The van der Waals surface area contributed by atoms with E-state index in [2.05, 4.69) is 10.1 Å². The van der Waals surface area contributed by atoms with E-state index in [1.54, 1.807) is 9.58 Å². The summed E-state index contributed by atoms with van der Waals surface area (Å²) in [5.74, 6) is -0.131. The lowest BCUT2D eigenvalue weighted by Gasteiger charge is -2.28. The van der Waals surface area contributed by atoms with Crippen molar-refractivity contribution < 1.29 is 13.2 Å². The van der Waals surface area contributed by atoms with Crippen molar-refractivity contribution >= 4 is 26.8 Å². The van der Waals surface area contributed by atoms with Crippen LogP contribution in [0.4, 0.5) is 0 Å². The van der Waals surface area contributed by atoms with E-state index in [4.69, 9.17) is 0 Å². The lowest BCUT2D eigenvalue weighted by atomic mass is 10.2. The third-order valence-electron chi connectivity index (χ3n) is 5.56. The Morgan fingerprint density at radius 3 is 2.64 bits per heavy atom. The van der Waals surface area contributed by atoms with Gasteiger partial charge in [0.2, 0.25) is 10.0 Å². The van der Waals surface area contributed by atoms with Gasteiger partial charge in [0, 0.05) is 30.5 Å². The van der Waals surface area contributed by atoms with Crippen molar-refractivity contribution in [3.05, 3.63) is 47.9 Å². The molecule has 8 nitrogen and oxygen atoms in total. The number of benzene rings is 1. The Balaban J connectivity index is 1.44. The molecule has 0 atom stereocenters. The third-order valence-corrected chi connectivity index (χ3v) is 7.50. The smallest absolute Gasteiger partial charge is 0.270 e. The highest BCUT2D eigenvalue weighted by Crippen LogP contribution is 2.27. The van der Waals surface area contributed by atoms with Gasteiger partial charge in [-0.2, -0.15) is 9.40 Å². The molecular formula is C19H21N5O3S. The van der Waals surface area contributed by atoms with Crippen molar-refractivity contribution in [1.82, 2.24) is 24.0 Å². The molecule has 5 rings (SSSR count). The van der Waals surface area contributed by atoms with E-state index in [9.17, 15) is 13.2 Å². The Morgan fingerprint density at radius 2 is 1.86 bits per heavy atom. The number of amides is 1. The molecule has 1 aromatic carbocycles. The van der Waals surface area contributed by atoms with Crippen LogP contribution in [0.3, 0.4) is 0 Å². The number of carbonyl (C=O) groups is 1. The first kappa shape index (κ1) is 17.4. The minimum atomic E-state index is -3.57. The van der Waals surface area contributed by atoms with Crippen LogP contribution in [-0.4, -0.2) is 57.9 Å². The minimum Gasteiger partial charge on any atom is -0.351 e. The van der Waals surface area contributed by atoms with Gasteiger partial charge < -0.3 is 9.88 Å². The van der Waals surface area contributed by atoms with Crippen LogP contribution in [0, 0.1) is 0 Å². The molecule has 0 bridgehead atoms. The van der Waals surface area contributed by atoms with Gasteiger partial charge in [-0.1, -0.05) is 18.2 Å². The lowest BCUT2D eigenvalue weighted by Crippen LogP contribution is -2.39. The van der Waals surface area contributed by atoms with Crippen molar-refractivity contribution in [2.45, 2.75) is 30.8 Å². The molecule has 0 radical (unpaired) electrons. The summed E-state index contributed by atoms with van der Waals surface area (Å²) in [6, 6.07) is 9.57. The van der Waals surface area contributed by atoms with Gasteiger partial charge in [-0.3, -0.25) is 9.48 Å². The molecule has 1 amide bonds. The second-order valence-corrected chi connectivity index (χ2v) is 9.19. The summed E-state index contributed by atoms with van der Waals surface area (Å²) >= 11 is 0. The summed E-state index contributed by atoms with van der Waals surface area (Å²) in [5.41, 5.74) is 2.01. The molecule has 1 saturated heterocycles. The number of hydrogen-bond acceptors (Lipinski definition) is 4. The van der Waals surface area contributed by atoms with E-state index in [0.29, 0.717) is 37.6 Å². The van der Waals surface area contributed by atoms with Crippen molar-refractivity contribution in [2.24, 2.45) is 0 Å². The number of H-pyrrole nitrogens is 1. The summed E-state index contributed by atoms with van der Waals surface area (Å²) < 4.78 is 29.2. The first-order chi connectivity index (χ1) is 13.5. The molecule has 3 aromatic rings. The van der Waals surface area contributed by atoms with Crippen LogP contribution in [0.1, 0.15) is 29.0 Å². The molecule has 1 fully saturated rings. The quantitative estimate of drug-likeness (QED) is 0.727. The molecule has 2 aliphatic heterocycles. The number of aromatic amines is 1. The number of carbonyl (C=O) groups excluding carboxylic acids is 1. The largest absolute Gasteiger partial charge is 0.351 e. The third kappa shape index (κ3) is 2.73. The standard InChI is InChI=1S/C19H21N5O3S/c25-19(16-11-14-5-1-2-6-15(14)21-16)22-9-10-24-17(13-22)18(12-20-24)28(26,27)23-7-3-4-8-23/h1-2,5-6,11-12,21H,3-4,7-10,13H2. The van der Waals surface area contributed by atoms with Gasteiger partial charge in [-0.25, -0.2) is 8.42 Å². The van der Waals surface area contributed by atoms with Crippen LogP contribution in [0.15, 0.2) is 41.4 Å². The van der Waals surface area contributed by atoms with Crippen LogP contribution in [0.5, 0.6) is 0 Å². The second kappa shape index (κ2) is 6.46. The zero-order valence-electron chi connectivity index (χ0n) is 15.3. The SMILES string of the molecule is O=C(c1cc2ccccc2[nH]1)N1CCn2ncc(S(=O)(=O)N3CCCC3)c2C1. The zero-order valence-corrected chi connectivity index (χ0v) is 16.2. The average molecular weight is 399 g/mol. The van der Waals surface area contributed by atoms with Gasteiger partial charge in [0.1, 0.15) is 10.6 Å². The van der Waals surface area contributed by atoms with Crippen LogP contribution >= 0.6 is 0 Å². The van der Waals surface area contributed by atoms with Crippen molar-refractivity contribution in [3.63, 3.8) is 0 Å². The fourth-order valence-corrected chi connectivity index (χ4v) is 5.70. The highest BCUT2D eigenvalue weighted by atomic mass is 32.2. The number of fused-ring (bicyclic) bond motifs is 2. The van der Waals surface area contributed by atoms with Crippen molar-refractivity contribution in [1.29, 1.82) is 0 Å². The van der Waals surface area contributed by atoms with E-state index < -0.39 is 10.0 Å². The van der Waals surface area contributed by atoms with E-state index in [-0.39, 0.29) is 17.3 Å². The fraction of sp³-hybridized carbons (Fsp3) is 0.368. The van der Waals surface area contributed by atoms with Gasteiger partial charge in [-0.05, 0) is 25.0 Å². The van der Waals surface area contributed by atoms with Gasteiger partial charge >= 0.3 is 0 Å². The van der Waals surface area contributed by atoms with Crippen LogP contribution < -0.4 is 0 Å². The van der Waals surface area contributed by atoms with Crippen LogP contribution in [-0.2, 0) is 23.1 Å². The van der Waals surface area contributed by atoms with E-state index in [1.807, 2.05) is 30.3 Å². The molecule has 146 valence electrons. The monoisotopic (exact) mass is 399 g/mol. The first-order valence-electron chi connectivity index (χ1n) is 9.46. The van der Waals surface area contributed by atoms with Crippen molar-refractivity contribution in [3.8, 4) is 0 Å². The van der Waals surface area contributed by atoms with Gasteiger partial charge in [-0.15, -0.1) is 0 Å². The number of rotatable bonds is 3. The molecule has 0 spiro atoms. The molecule has 1 N–H and O–H groups in total. The Hall–Kier alpha value is -2.65. The maximum Gasteiger partial charge on any atom is 0.270 e. The Bertz CT molecular complexity index is 1120. The van der Waals surface area contributed by atoms with E-state index in [1.165, 1.54) is 10.5 Å². The maximum atomic E-state index is 13.0. The first-order valence-corrected chi connectivity index (χ1v) is 10.9. The summed E-state index contributed by atoms with van der Waals surface area (Å²) in [6.07, 6.45) is 3.20. The summed E-state index contributed by atoms with van der Waals surface area (Å²) in [5, 5.41) is 5.24. The number of nitrogens with one attached hydrogen (secondary N) is 1. The number of sulfonamides is 1. The molecule has 28 heavy (non-hydrogen) atoms. The Labute approximate surface area is 162 Å².